The minimum Gasteiger partial charge on any atom is -0.450 e. The van der Waals surface area contributed by atoms with Crippen LogP contribution in [0.1, 0.15) is 37.1 Å². The molecule has 142 valence electrons. The monoisotopic (exact) mass is 366 g/mol. The summed E-state index contributed by atoms with van der Waals surface area (Å²) in [5.74, 6) is 0. The van der Waals surface area contributed by atoms with E-state index in [2.05, 4.69) is 29.8 Å². The van der Waals surface area contributed by atoms with Gasteiger partial charge in [0, 0.05) is 23.2 Å². The molecule has 0 radical (unpaired) electrons. The first kappa shape index (κ1) is 18.9. The van der Waals surface area contributed by atoms with Crippen LogP contribution in [0.4, 0.5) is 4.79 Å². The minimum absolute atomic E-state index is 0.396. The molecule has 2 heterocycles. The molecule has 6 nitrogen and oxygen atoms in total. The van der Waals surface area contributed by atoms with Crippen LogP contribution < -0.4 is 5.73 Å². The van der Waals surface area contributed by atoms with E-state index < -0.39 is 6.09 Å². The number of rotatable bonds is 8. The Labute approximate surface area is 159 Å². The molecule has 1 amide bonds. The lowest BCUT2D eigenvalue weighted by Gasteiger charge is -2.07. The van der Waals surface area contributed by atoms with E-state index in [9.17, 15) is 4.79 Å². The lowest BCUT2D eigenvalue weighted by molar-refractivity contribution is 0.154. The van der Waals surface area contributed by atoms with Crippen molar-refractivity contribution in [1.29, 1.82) is 0 Å². The fourth-order valence-corrected chi connectivity index (χ4v) is 3.38. The average Bonchev–Trinajstić information content (AvgIpc) is 2.94. The number of unbranched alkanes of at least 4 members (excludes halogenated alkanes) is 3. The van der Waals surface area contributed by atoms with Gasteiger partial charge in [-0.3, -0.25) is 4.68 Å². The van der Waals surface area contributed by atoms with Crippen LogP contribution in [0.3, 0.4) is 0 Å². The normalized spacial score (nSPS) is 11.0. The Balaban J connectivity index is 1.63. The summed E-state index contributed by atoms with van der Waals surface area (Å²) < 4.78 is 6.81. The SMILES string of the molecule is Cc1nn(CCCCCCOC(N)=O)c(C)c1-c1ccc2ccccc2n1. The zero-order chi connectivity index (χ0) is 19.2. The molecule has 2 N–H and O–H groups in total. The quantitative estimate of drug-likeness (QED) is 0.600. The molecule has 3 rings (SSSR count). The number of hydrogen-bond donors (Lipinski definition) is 1. The second-order valence-corrected chi connectivity index (χ2v) is 6.74. The Morgan fingerprint density at radius 1 is 1.07 bits per heavy atom. The van der Waals surface area contributed by atoms with Crippen molar-refractivity contribution >= 4 is 17.0 Å². The number of nitrogens with zero attached hydrogens (tertiary/aromatic N) is 3. The molecule has 0 saturated heterocycles. The number of pyridine rings is 1. The molecule has 0 spiro atoms. The highest BCUT2D eigenvalue weighted by Gasteiger charge is 2.14. The van der Waals surface area contributed by atoms with E-state index in [4.69, 9.17) is 20.6 Å². The number of aryl methyl sites for hydroxylation is 2. The molecule has 0 atom stereocenters. The van der Waals surface area contributed by atoms with Gasteiger partial charge in [0.2, 0.25) is 0 Å². The smallest absolute Gasteiger partial charge is 0.404 e. The molecular weight excluding hydrogens is 340 g/mol. The molecule has 0 unspecified atom stereocenters. The van der Waals surface area contributed by atoms with E-state index in [1.165, 1.54) is 0 Å². The standard InChI is InChI=1S/C21H26N4O2/c1-15-20(19-12-11-17-9-5-6-10-18(17)23-19)16(2)25(24-15)13-7-3-4-8-14-27-21(22)26/h5-6,9-12H,3-4,7-8,13-14H2,1-2H3,(H2,22,26). The summed E-state index contributed by atoms with van der Waals surface area (Å²) in [5.41, 5.74) is 10.2. The van der Waals surface area contributed by atoms with Crippen molar-refractivity contribution in [2.45, 2.75) is 46.1 Å². The summed E-state index contributed by atoms with van der Waals surface area (Å²) in [6.07, 6.45) is 3.23. The molecule has 3 aromatic rings. The van der Waals surface area contributed by atoms with Gasteiger partial charge in [0.1, 0.15) is 0 Å². The number of para-hydroxylation sites is 1. The van der Waals surface area contributed by atoms with Gasteiger partial charge in [-0.05, 0) is 45.2 Å². The van der Waals surface area contributed by atoms with Crippen molar-refractivity contribution < 1.29 is 9.53 Å². The number of benzene rings is 1. The summed E-state index contributed by atoms with van der Waals surface area (Å²) in [4.78, 5) is 15.3. The van der Waals surface area contributed by atoms with Crippen LogP contribution in [-0.4, -0.2) is 27.5 Å². The maximum absolute atomic E-state index is 10.5. The van der Waals surface area contributed by atoms with Gasteiger partial charge < -0.3 is 10.5 Å². The van der Waals surface area contributed by atoms with E-state index in [0.29, 0.717) is 6.61 Å². The lowest BCUT2D eigenvalue weighted by Crippen LogP contribution is -2.13. The van der Waals surface area contributed by atoms with Gasteiger partial charge >= 0.3 is 6.09 Å². The lowest BCUT2D eigenvalue weighted by atomic mass is 10.1. The van der Waals surface area contributed by atoms with Crippen LogP contribution in [0, 0.1) is 13.8 Å². The Bertz CT molecular complexity index is 933. The highest BCUT2D eigenvalue weighted by Crippen LogP contribution is 2.27. The molecule has 0 saturated carbocycles. The third-order valence-corrected chi connectivity index (χ3v) is 4.74. The molecule has 1 aromatic carbocycles. The van der Waals surface area contributed by atoms with Crippen LogP contribution >= 0.6 is 0 Å². The van der Waals surface area contributed by atoms with Crippen LogP contribution in [-0.2, 0) is 11.3 Å². The number of hydrogen-bond acceptors (Lipinski definition) is 4. The molecule has 6 heteroatoms. The number of carbonyl (C=O) groups excluding carboxylic acids is 1. The van der Waals surface area contributed by atoms with E-state index in [1.54, 1.807) is 0 Å². The van der Waals surface area contributed by atoms with Crippen molar-refractivity contribution in [3.05, 3.63) is 47.8 Å². The van der Waals surface area contributed by atoms with E-state index in [1.807, 2.05) is 25.1 Å². The van der Waals surface area contributed by atoms with Crippen molar-refractivity contribution in [3.63, 3.8) is 0 Å². The van der Waals surface area contributed by atoms with Crippen LogP contribution in [0.25, 0.3) is 22.2 Å². The molecule has 2 aromatic heterocycles. The summed E-state index contributed by atoms with van der Waals surface area (Å²) in [7, 11) is 0. The number of ether oxygens (including phenoxy) is 1. The first-order chi connectivity index (χ1) is 13.1. The zero-order valence-corrected chi connectivity index (χ0v) is 15.9. The maximum atomic E-state index is 10.5. The number of aromatic nitrogens is 3. The third-order valence-electron chi connectivity index (χ3n) is 4.74. The van der Waals surface area contributed by atoms with Gasteiger partial charge in [0.05, 0.1) is 23.5 Å². The predicted molar refractivity (Wildman–Crippen MR) is 106 cm³/mol. The molecule has 0 fully saturated rings. The highest BCUT2D eigenvalue weighted by atomic mass is 16.5. The van der Waals surface area contributed by atoms with Gasteiger partial charge in [-0.2, -0.15) is 5.10 Å². The molecule has 27 heavy (non-hydrogen) atoms. The summed E-state index contributed by atoms with van der Waals surface area (Å²) in [6.45, 7) is 5.41. The summed E-state index contributed by atoms with van der Waals surface area (Å²) >= 11 is 0. The maximum Gasteiger partial charge on any atom is 0.404 e. The number of amides is 1. The number of primary amides is 1. The van der Waals surface area contributed by atoms with Crippen LogP contribution in [0.15, 0.2) is 36.4 Å². The van der Waals surface area contributed by atoms with E-state index >= 15 is 0 Å². The molecule has 0 bridgehead atoms. The minimum atomic E-state index is -0.701. The third kappa shape index (κ3) is 4.64. The summed E-state index contributed by atoms with van der Waals surface area (Å²) in [6, 6.07) is 12.3. The number of carbonyl (C=O) groups is 1. The first-order valence-electron chi connectivity index (χ1n) is 9.38. The van der Waals surface area contributed by atoms with Crippen molar-refractivity contribution in [3.8, 4) is 11.3 Å². The molecule has 0 aliphatic carbocycles. The van der Waals surface area contributed by atoms with Gasteiger partial charge in [-0.25, -0.2) is 9.78 Å². The Morgan fingerprint density at radius 3 is 2.67 bits per heavy atom. The van der Waals surface area contributed by atoms with Gasteiger partial charge in [0.25, 0.3) is 0 Å². The topological polar surface area (TPSA) is 83.0 Å². The number of nitrogens with two attached hydrogens (primary N) is 1. The van der Waals surface area contributed by atoms with E-state index in [-0.39, 0.29) is 0 Å². The Kier molecular flexibility index (Phi) is 6.06. The zero-order valence-electron chi connectivity index (χ0n) is 15.9. The fourth-order valence-electron chi connectivity index (χ4n) is 3.38. The molecular formula is C21H26N4O2. The van der Waals surface area contributed by atoms with Crippen molar-refractivity contribution in [1.82, 2.24) is 14.8 Å². The average molecular weight is 366 g/mol. The fraction of sp³-hybridized carbons (Fsp3) is 0.381. The van der Waals surface area contributed by atoms with E-state index in [0.717, 1.165) is 65.8 Å². The number of fused-ring (bicyclic) bond motifs is 1. The summed E-state index contributed by atoms with van der Waals surface area (Å²) in [5, 5.41) is 5.86. The van der Waals surface area contributed by atoms with Crippen LogP contribution in [0.5, 0.6) is 0 Å². The second kappa shape index (κ2) is 8.66. The van der Waals surface area contributed by atoms with Gasteiger partial charge in [-0.1, -0.05) is 30.7 Å². The van der Waals surface area contributed by atoms with Crippen molar-refractivity contribution in [2.24, 2.45) is 5.73 Å². The predicted octanol–water partition coefficient (Wildman–Crippen LogP) is 4.37. The van der Waals surface area contributed by atoms with Crippen LogP contribution in [0.2, 0.25) is 0 Å². The Morgan fingerprint density at radius 2 is 1.85 bits per heavy atom. The largest absolute Gasteiger partial charge is 0.450 e. The van der Waals surface area contributed by atoms with Crippen molar-refractivity contribution in [2.75, 3.05) is 6.61 Å². The second-order valence-electron chi connectivity index (χ2n) is 6.74. The van der Waals surface area contributed by atoms with Gasteiger partial charge in [-0.15, -0.1) is 0 Å². The molecule has 0 aliphatic rings. The first-order valence-corrected chi connectivity index (χ1v) is 9.38. The highest BCUT2D eigenvalue weighted by molar-refractivity contribution is 5.82. The van der Waals surface area contributed by atoms with Gasteiger partial charge in [0.15, 0.2) is 0 Å². The molecule has 0 aliphatic heterocycles. The Hall–Kier alpha value is -2.89.